The minimum absolute atomic E-state index is 0.00711. The van der Waals surface area contributed by atoms with Crippen molar-refractivity contribution in [3.8, 4) is 0 Å². The number of hydrogen-bond donors (Lipinski definition) is 2. The van der Waals surface area contributed by atoms with Crippen molar-refractivity contribution in [3.63, 3.8) is 0 Å². The average molecular weight is 250 g/mol. The monoisotopic (exact) mass is 250 g/mol. The van der Waals surface area contributed by atoms with Gasteiger partial charge < -0.3 is 10.6 Å². The minimum atomic E-state index is -0.00711. The molecule has 1 aromatic heterocycles. The second-order valence-electron chi connectivity index (χ2n) is 4.87. The molecule has 1 atom stereocenters. The fourth-order valence-corrected chi connectivity index (χ4v) is 2.39. The number of nitrogens with zero attached hydrogens (tertiary/aromatic N) is 2. The lowest BCUT2D eigenvalue weighted by molar-refractivity contribution is 0.0947. The molecule has 0 radical (unpaired) electrons. The predicted octanol–water partition coefficient (Wildman–Crippen LogP) is 0.854. The number of carbonyl (C=O) groups is 1. The normalized spacial score (nSPS) is 19.8. The topological polar surface area (TPSA) is 59.0 Å². The molecule has 0 aliphatic carbocycles. The van der Waals surface area contributed by atoms with Gasteiger partial charge in [0.15, 0.2) is 0 Å². The van der Waals surface area contributed by atoms with Crippen LogP contribution in [0.1, 0.15) is 42.2 Å². The molecule has 100 valence electrons. The third-order valence-corrected chi connectivity index (χ3v) is 3.41. The van der Waals surface area contributed by atoms with E-state index in [4.69, 9.17) is 0 Å². The molecule has 5 nitrogen and oxygen atoms in total. The van der Waals surface area contributed by atoms with Crippen molar-refractivity contribution in [2.45, 2.75) is 38.6 Å². The number of carbonyl (C=O) groups excluding carboxylic acids is 1. The van der Waals surface area contributed by atoms with Crippen molar-refractivity contribution < 1.29 is 4.79 Å². The summed E-state index contributed by atoms with van der Waals surface area (Å²) >= 11 is 0. The number of amides is 1. The minimum Gasteiger partial charge on any atom is -0.350 e. The maximum atomic E-state index is 12.1. The van der Waals surface area contributed by atoms with E-state index in [-0.39, 0.29) is 5.91 Å². The van der Waals surface area contributed by atoms with Gasteiger partial charge >= 0.3 is 0 Å². The lowest BCUT2D eigenvalue weighted by Crippen LogP contribution is -2.43. The summed E-state index contributed by atoms with van der Waals surface area (Å²) in [6.45, 7) is 3.78. The highest BCUT2D eigenvalue weighted by atomic mass is 16.1. The highest BCUT2D eigenvalue weighted by Crippen LogP contribution is 2.08. The molecule has 0 bridgehead atoms. The van der Waals surface area contributed by atoms with Crippen molar-refractivity contribution in [3.05, 3.63) is 17.5 Å². The van der Waals surface area contributed by atoms with E-state index in [1.807, 2.05) is 14.0 Å². The van der Waals surface area contributed by atoms with Gasteiger partial charge in [-0.1, -0.05) is 13.3 Å². The lowest BCUT2D eigenvalue weighted by atomic mass is 10.1. The molecule has 2 N–H and O–H groups in total. The van der Waals surface area contributed by atoms with Crippen LogP contribution in [-0.2, 0) is 13.5 Å². The van der Waals surface area contributed by atoms with E-state index < -0.39 is 0 Å². The Labute approximate surface area is 108 Å². The summed E-state index contributed by atoms with van der Waals surface area (Å²) in [6.07, 6.45) is 6.22. The zero-order valence-corrected chi connectivity index (χ0v) is 11.2. The number of nitrogens with one attached hydrogen (secondary N) is 2. The number of piperidine rings is 1. The van der Waals surface area contributed by atoms with Crippen LogP contribution in [-0.4, -0.2) is 34.8 Å². The maximum absolute atomic E-state index is 12.1. The SMILES string of the molecule is CCc1nn(C)cc1C(=O)NCC1CCCCN1. The van der Waals surface area contributed by atoms with Crippen LogP contribution in [0.3, 0.4) is 0 Å². The van der Waals surface area contributed by atoms with E-state index in [0.717, 1.165) is 25.1 Å². The first-order valence-electron chi connectivity index (χ1n) is 6.74. The quantitative estimate of drug-likeness (QED) is 0.833. The van der Waals surface area contributed by atoms with E-state index in [0.29, 0.717) is 18.2 Å². The molecule has 1 saturated heterocycles. The molecule has 1 amide bonds. The van der Waals surface area contributed by atoms with Gasteiger partial charge in [0.1, 0.15) is 0 Å². The number of aromatic nitrogens is 2. The second kappa shape index (κ2) is 6.00. The van der Waals surface area contributed by atoms with Gasteiger partial charge in [0.2, 0.25) is 0 Å². The number of rotatable bonds is 4. The van der Waals surface area contributed by atoms with Gasteiger partial charge in [-0.3, -0.25) is 9.48 Å². The second-order valence-corrected chi connectivity index (χ2v) is 4.87. The summed E-state index contributed by atoms with van der Waals surface area (Å²) in [6, 6.07) is 0.421. The fourth-order valence-electron chi connectivity index (χ4n) is 2.39. The lowest BCUT2D eigenvalue weighted by Gasteiger charge is -2.23. The van der Waals surface area contributed by atoms with Gasteiger partial charge in [0.05, 0.1) is 11.3 Å². The van der Waals surface area contributed by atoms with Crippen molar-refractivity contribution in [1.82, 2.24) is 20.4 Å². The fraction of sp³-hybridized carbons (Fsp3) is 0.692. The predicted molar refractivity (Wildman–Crippen MR) is 70.6 cm³/mol. The average Bonchev–Trinajstić information content (AvgIpc) is 2.78. The van der Waals surface area contributed by atoms with Crippen LogP contribution in [0.4, 0.5) is 0 Å². The van der Waals surface area contributed by atoms with Crippen LogP contribution in [0, 0.1) is 0 Å². The molecular formula is C13H22N4O. The van der Waals surface area contributed by atoms with E-state index in [1.54, 1.807) is 10.9 Å². The van der Waals surface area contributed by atoms with Crippen molar-refractivity contribution >= 4 is 5.91 Å². The first-order chi connectivity index (χ1) is 8.70. The van der Waals surface area contributed by atoms with E-state index >= 15 is 0 Å². The van der Waals surface area contributed by atoms with Gasteiger partial charge in [-0.05, 0) is 25.8 Å². The molecule has 2 rings (SSSR count). The van der Waals surface area contributed by atoms with E-state index in [2.05, 4.69) is 15.7 Å². The Morgan fingerprint density at radius 1 is 1.61 bits per heavy atom. The van der Waals surface area contributed by atoms with E-state index in [1.165, 1.54) is 12.8 Å². The van der Waals surface area contributed by atoms with Gasteiger partial charge in [-0.25, -0.2) is 0 Å². The molecule has 1 fully saturated rings. The molecule has 1 unspecified atom stereocenters. The zero-order valence-electron chi connectivity index (χ0n) is 11.2. The summed E-state index contributed by atoms with van der Waals surface area (Å²) in [4.78, 5) is 12.1. The Morgan fingerprint density at radius 3 is 3.11 bits per heavy atom. The summed E-state index contributed by atoms with van der Waals surface area (Å²) in [5.74, 6) is -0.00711. The summed E-state index contributed by atoms with van der Waals surface area (Å²) < 4.78 is 1.70. The van der Waals surface area contributed by atoms with Gasteiger partial charge in [-0.2, -0.15) is 5.10 Å². The van der Waals surface area contributed by atoms with Crippen LogP contribution in [0.15, 0.2) is 6.20 Å². The largest absolute Gasteiger partial charge is 0.350 e. The van der Waals surface area contributed by atoms with Crippen molar-refractivity contribution in [1.29, 1.82) is 0 Å². The van der Waals surface area contributed by atoms with Crippen LogP contribution in [0.5, 0.6) is 0 Å². The molecular weight excluding hydrogens is 228 g/mol. The molecule has 2 heterocycles. The first kappa shape index (κ1) is 13.1. The molecule has 0 saturated carbocycles. The maximum Gasteiger partial charge on any atom is 0.254 e. The molecule has 0 aromatic carbocycles. The molecule has 0 spiro atoms. The molecule has 1 aliphatic rings. The Morgan fingerprint density at radius 2 is 2.44 bits per heavy atom. The third-order valence-electron chi connectivity index (χ3n) is 3.41. The van der Waals surface area contributed by atoms with Crippen LogP contribution >= 0.6 is 0 Å². The zero-order chi connectivity index (χ0) is 13.0. The Hall–Kier alpha value is -1.36. The van der Waals surface area contributed by atoms with Gasteiger partial charge in [-0.15, -0.1) is 0 Å². The van der Waals surface area contributed by atoms with Crippen molar-refractivity contribution in [2.24, 2.45) is 7.05 Å². The van der Waals surface area contributed by atoms with E-state index in [9.17, 15) is 4.79 Å². The highest BCUT2D eigenvalue weighted by molar-refractivity contribution is 5.95. The standard InChI is InChI=1S/C13H22N4O/c1-3-12-11(9-17(2)16-12)13(18)15-8-10-6-4-5-7-14-10/h9-10,14H,3-8H2,1-2H3,(H,15,18). The van der Waals surface area contributed by atoms with Crippen LogP contribution < -0.4 is 10.6 Å². The summed E-state index contributed by atoms with van der Waals surface area (Å²) in [5, 5.41) is 10.7. The summed E-state index contributed by atoms with van der Waals surface area (Å²) in [7, 11) is 1.85. The first-order valence-corrected chi connectivity index (χ1v) is 6.74. The molecule has 1 aromatic rings. The molecule has 5 heteroatoms. The van der Waals surface area contributed by atoms with Crippen LogP contribution in [0.25, 0.3) is 0 Å². The van der Waals surface area contributed by atoms with Crippen molar-refractivity contribution in [2.75, 3.05) is 13.1 Å². The van der Waals surface area contributed by atoms with Gasteiger partial charge in [0.25, 0.3) is 5.91 Å². The molecule has 18 heavy (non-hydrogen) atoms. The third kappa shape index (κ3) is 3.10. The highest BCUT2D eigenvalue weighted by Gasteiger charge is 2.17. The number of aryl methyl sites for hydroxylation is 2. The summed E-state index contributed by atoms with van der Waals surface area (Å²) in [5.41, 5.74) is 1.57. The smallest absolute Gasteiger partial charge is 0.254 e. The van der Waals surface area contributed by atoms with Gasteiger partial charge in [0, 0.05) is 25.8 Å². The Bertz CT molecular complexity index is 407. The Balaban J connectivity index is 1.90. The number of hydrogen-bond acceptors (Lipinski definition) is 3. The van der Waals surface area contributed by atoms with Crippen LogP contribution in [0.2, 0.25) is 0 Å². The Kier molecular flexibility index (Phi) is 4.36. The molecule has 1 aliphatic heterocycles.